The van der Waals surface area contributed by atoms with Gasteiger partial charge in [-0.3, -0.25) is 0 Å². The van der Waals surface area contributed by atoms with E-state index in [4.69, 9.17) is 0 Å². The normalized spacial score (nSPS) is 19.2. The fraction of sp³-hybridized carbons (Fsp3) is 0.600. The van der Waals surface area contributed by atoms with Crippen LogP contribution < -0.4 is 5.32 Å². The molecule has 1 atom stereocenters. The highest BCUT2D eigenvalue weighted by atomic mass is 32.2. The minimum atomic E-state index is -2.38. The molecule has 1 aliphatic heterocycles. The Balaban J connectivity index is 1.98. The molecular formula is C15H22F2N2S. The molecule has 2 nitrogen and oxygen atoms in total. The zero-order chi connectivity index (χ0) is 14.5. The van der Waals surface area contributed by atoms with Gasteiger partial charge >= 0.3 is 0 Å². The van der Waals surface area contributed by atoms with E-state index in [1.54, 1.807) is 12.1 Å². The van der Waals surface area contributed by atoms with Crippen LogP contribution >= 0.6 is 11.8 Å². The van der Waals surface area contributed by atoms with Crippen molar-refractivity contribution in [2.24, 2.45) is 5.92 Å². The number of likely N-dealkylation sites (tertiary alicyclic amines) is 1. The van der Waals surface area contributed by atoms with Crippen LogP contribution in [0.3, 0.4) is 0 Å². The number of hydrogen-bond donors (Lipinski definition) is 1. The third-order valence-corrected chi connectivity index (χ3v) is 4.74. The average Bonchev–Trinajstić information content (AvgIpc) is 2.41. The molecule has 5 heteroatoms. The molecule has 0 saturated carbocycles. The van der Waals surface area contributed by atoms with Gasteiger partial charge in [-0.15, -0.1) is 0 Å². The predicted molar refractivity (Wildman–Crippen MR) is 81.6 cm³/mol. The van der Waals surface area contributed by atoms with Crippen LogP contribution in [0.15, 0.2) is 29.2 Å². The van der Waals surface area contributed by atoms with Crippen molar-refractivity contribution in [3.05, 3.63) is 24.3 Å². The maximum atomic E-state index is 12.6. The Morgan fingerprint density at radius 1 is 1.25 bits per heavy atom. The van der Waals surface area contributed by atoms with Gasteiger partial charge in [0.05, 0.1) is 0 Å². The lowest BCUT2D eigenvalue weighted by atomic mass is 9.90. The average molecular weight is 300 g/mol. The molecule has 1 N–H and O–H groups in total. The molecule has 1 unspecified atom stereocenters. The van der Waals surface area contributed by atoms with Crippen molar-refractivity contribution in [2.75, 3.05) is 25.5 Å². The Kier molecular flexibility index (Phi) is 5.66. The molecule has 112 valence electrons. The SMILES string of the molecule is CC(Nc1ccccc1SC(F)F)C1CCN(C)CC1. The zero-order valence-corrected chi connectivity index (χ0v) is 12.8. The van der Waals surface area contributed by atoms with Gasteiger partial charge in [-0.1, -0.05) is 23.9 Å². The zero-order valence-electron chi connectivity index (χ0n) is 12.0. The van der Waals surface area contributed by atoms with Crippen molar-refractivity contribution < 1.29 is 8.78 Å². The van der Waals surface area contributed by atoms with Crippen LogP contribution in [0.2, 0.25) is 0 Å². The lowest BCUT2D eigenvalue weighted by molar-refractivity contribution is 0.208. The summed E-state index contributed by atoms with van der Waals surface area (Å²) in [5.41, 5.74) is 0.823. The number of hydrogen-bond acceptors (Lipinski definition) is 3. The topological polar surface area (TPSA) is 15.3 Å². The van der Waals surface area contributed by atoms with Gasteiger partial charge in [0.15, 0.2) is 0 Å². The molecule has 2 rings (SSSR count). The van der Waals surface area contributed by atoms with Crippen LogP contribution in [0.25, 0.3) is 0 Å². The number of alkyl halides is 2. The van der Waals surface area contributed by atoms with Gasteiger partial charge in [0.25, 0.3) is 5.76 Å². The summed E-state index contributed by atoms with van der Waals surface area (Å²) in [5.74, 6) is -1.77. The molecule has 1 aromatic carbocycles. The van der Waals surface area contributed by atoms with Gasteiger partial charge in [-0.05, 0) is 58.0 Å². The minimum Gasteiger partial charge on any atom is -0.381 e. The molecule has 1 fully saturated rings. The van der Waals surface area contributed by atoms with E-state index in [2.05, 4.69) is 24.2 Å². The van der Waals surface area contributed by atoms with E-state index >= 15 is 0 Å². The number of nitrogens with one attached hydrogen (secondary N) is 1. The van der Waals surface area contributed by atoms with Crippen LogP contribution in [-0.2, 0) is 0 Å². The van der Waals surface area contributed by atoms with Gasteiger partial charge in [0, 0.05) is 16.6 Å². The van der Waals surface area contributed by atoms with E-state index in [0.29, 0.717) is 28.6 Å². The lowest BCUT2D eigenvalue weighted by Crippen LogP contribution is -2.37. The first-order valence-electron chi connectivity index (χ1n) is 7.05. The van der Waals surface area contributed by atoms with Gasteiger partial charge in [0.1, 0.15) is 0 Å². The number of benzene rings is 1. The number of rotatable bonds is 5. The number of nitrogens with zero attached hydrogens (tertiary/aromatic N) is 1. The predicted octanol–water partition coefficient (Wildman–Crippen LogP) is 4.14. The highest BCUT2D eigenvalue weighted by Gasteiger charge is 2.22. The molecule has 20 heavy (non-hydrogen) atoms. The fourth-order valence-corrected chi connectivity index (χ4v) is 3.28. The van der Waals surface area contributed by atoms with Gasteiger partial charge in [-0.25, -0.2) is 0 Å². The minimum absolute atomic E-state index is 0.308. The Labute approximate surface area is 123 Å². The van der Waals surface area contributed by atoms with Crippen molar-refractivity contribution in [2.45, 2.75) is 36.5 Å². The highest BCUT2D eigenvalue weighted by Crippen LogP contribution is 2.33. The first-order chi connectivity index (χ1) is 9.56. The number of piperidine rings is 1. The number of para-hydroxylation sites is 1. The number of anilines is 1. The second kappa shape index (κ2) is 7.27. The van der Waals surface area contributed by atoms with Crippen LogP contribution in [0.4, 0.5) is 14.5 Å². The Hall–Kier alpha value is -0.810. The fourth-order valence-electron chi connectivity index (χ4n) is 2.68. The number of halogens is 2. The van der Waals surface area contributed by atoms with Crippen molar-refractivity contribution >= 4 is 17.4 Å². The maximum absolute atomic E-state index is 12.6. The molecule has 0 aromatic heterocycles. The van der Waals surface area contributed by atoms with E-state index in [1.165, 1.54) is 0 Å². The largest absolute Gasteiger partial charge is 0.381 e. The van der Waals surface area contributed by atoms with Crippen LogP contribution in [0, 0.1) is 5.92 Å². The second-order valence-electron chi connectivity index (χ2n) is 5.45. The molecule has 0 bridgehead atoms. The summed E-state index contributed by atoms with van der Waals surface area (Å²) in [6.07, 6.45) is 2.32. The maximum Gasteiger partial charge on any atom is 0.288 e. The van der Waals surface area contributed by atoms with E-state index < -0.39 is 5.76 Å². The summed E-state index contributed by atoms with van der Waals surface area (Å²) in [6.45, 7) is 4.38. The van der Waals surface area contributed by atoms with E-state index in [0.717, 1.165) is 31.6 Å². The van der Waals surface area contributed by atoms with Crippen molar-refractivity contribution in [1.82, 2.24) is 4.90 Å². The molecule has 1 aliphatic rings. The molecule has 1 heterocycles. The third kappa shape index (κ3) is 4.35. The Morgan fingerprint density at radius 2 is 1.90 bits per heavy atom. The monoisotopic (exact) mass is 300 g/mol. The molecule has 0 aliphatic carbocycles. The van der Waals surface area contributed by atoms with Crippen molar-refractivity contribution in [3.8, 4) is 0 Å². The van der Waals surface area contributed by atoms with Gasteiger partial charge in [0.2, 0.25) is 0 Å². The van der Waals surface area contributed by atoms with E-state index in [-0.39, 0.29) is 0 Å². The summed E-state index contributed by atoms with van der Waals surface area (Å²) < 4.78 is 25.1. The molecule has 0 spiro atoms. The molecule has 0 radical (unpaired) electrons. The summed E-state index contributed by atoms with van der Waals surface area (Å²) in [7, 11) is 2.14. The second-order valence-corrected chi connectivity index (χ2v) is 6.48. The molecule has 1 aromatic rings. The van der Waals surface area contributed by atoms with Crippen molar-refractivity contribution in [1.29, 1.82) is 0 Å². The first-order valence-corrected chi connectivity index (χ1v) is 7.93. The molecular weight excluding hydrogens is 278 g/mol. The first kappa shape index (κ1) is 15.6. The van der Waals surface area contributed by atoms with Crippen molar-refractivity contribution in [3.63, 3.8) is 0 Å². The molecule has 0 amide bonds. The Bertz CT molecular complexity index is 420. The third-order valence-electron chi connectivity index (χ3n) is 3.96. The Morgan fingerprint density at radius 3 is 2.55 bits per heavy atom. The van der Waals surface area contributed by atoms with Crippen LogP contribution in [-0.4, -0.2) is 36.8 Å². The van der Waals surface area contributed by atoms with Gasteiger partial charge < -0.3 is 10.2 Å². The smallest absolute Gasteiger partial charge is 0.288 e. The summed E-state index contributed by atoms with van der Waals surface area (Å²) in [4.78, 5) is 2.96. The van der Waals surface area contributed by atoms with E-state index in [1.807, 2.05) is 12.1 Å². The summed E-state index contributed by atoms with van der Waals surface area (Å²) >= 11 is 0.610. The summed E-state index contributed by atoms with van der Waals surface area (Å²) in [5, 5.41) is 3.43. The van der Waals surface area contributed by atoms with Crippen LogP contribution in [0.1, 0.15) is 19.8 Å². The number of thioether (sulfide) groups is 1. The lowest BCUT2D eigenvalue weighted by Gasteiger charge is -2.33. The van der Waals surface area contributed by atoms with Gasteiger partial charge in [-0.2, -0.15) is 8.78 Å². The molecule has 1 saturated heterocycles. The summed E-state index contributed by atoms with van der Waals surface area (Å²) in [6, 6.07) is 7.63. The van der Waals surface area contributed by atoms with E-state index in [9.17, 15) is 8.78 Å². The van der Waals surface area contributed by atoms with Crippen LogP contribution in [0.5, 0.6) is 0 Å². The highest BCUT2D eigenvalue weighted by molar-refractivity contribution is 7.99. The quantitative estimate of drug-likeness (QED) is 0.823. The standard InChI is InChI=1S/C15H22F2N2S/c1-11(12-7-9-19(2)10-8-12)18-13-5-3-4-6-14(13)20-15(16)17/h3-6,11-12,15,18H,7-10H2,1-2H3.